The maximum absolute atomic E-state index is 12.3. The Bertz CT molecular complexity index is 1090. The van der Waals surface area contributed by atoms with E-state index in [1.807, 2.05) is 45.3 Å². The van der Waals surface area contributed by atoms with Crippen LogP contribution in [-0.2, 0) is 4.74 Å². The van der Waals surface area contributed by atoms with Gasteiger partial charge in [0.1, 0.15) is 11.2 Å². The lowest BCUT2D eigenvalue weighted by atomic mass is 9.98. The zero-order valence-electron chi connectivity index (χ0n) is 17.7. The highest BCUT2D eigenvalue weighted by Gasteiger charge is 2.24. The Morgan fingerprint density at radius 1 is 1.17 bits per heavy atom. The molecule has 0 bridgehead atoms. The molecule has 0 fully saturated rings. The van der Waals surface area contributed by atoms with Crippen molar-refractivity contribution in [2.45, 2.75) is 32.8 Å². The molecular formula is C23H26N4O3. The molecule has 0 saturated carbocycles. The SMILES string of the molecule is COc1ccc(-c2cnc3[nH]cc(C4=CCN(C(=O)OC(C)(C)C)CC4)c3c2)cn1. The Morgan fingerprint density at radius 3 is 2.60 bits per heavy atom. The molecule has 1 aliphatic heterocycles. The third-order valence-corrected chi connectivity index (χ3v) is 5.02. The molecule has 0 saturated heterocycles. The minimum atomic E-state index is -0.490. The molecule has 0 atom stereocenters. The van der Waals surface area contributed by atoms with Gasteiger partial charge in [-0.2, -0.15) is 0 Å². The molecule has 3 aromatic rings. The molecule has 7 nitrogen and oxygen atoms in total. The molecule has 7 heteroatoms. The van der Waals surface area contributed by atoms with E-state index in [9.17, 15) is 4.79 Å². The summed E-state index contributed by atoms with van der Waals surface area (Å²) in [4.78, 5) is 26.2. The van der Waals surface area contributed by atoms with Gasteiger partial charge in [0.25, 0.3) is 0 Å². The zero-order chi connectivity index (χ0) is 21.3. The highest BCUT2D eigenvalue weighted by molar-refractivity contribution is 5.93. The van der Waals surface area contributed by atoms with Gasteiger partial charge in [-0.05, 0) is 44.9 Å². The normalized spacial score (nSPS) is 14.5. The van der Waals surface area contributed by atoms with Gasteiger partial charge in [0.05, 0.1) is 7.11 Å². The van der Waals surface area contributed by atoms with Crippen molar-refractivity contribution in [2.24, 2.45) is 0 Å². The summed E-state index contributed by atoms with van der Waals surface area (Å²) in [6.45, 7) is 6.80. The van der Waals surface area contributed by atoms with Crippen molar-refractivity contribution >= 4 is 22.7 Å². The number of carbonyl (C=O) groups excluding carboxylic acids is 1. The lowest BCUT2D eigenvalue weighted by Gasteiger charge is -2.29. The molecule has 4 heterocycles. The predicted octanol–water partition coefficient (Wildman–Crippen LogP) is 4.66. The van der Waals surface area contributed by atoms with Gasteiger partial charge in [0, 0.05) is 59.8 Å². The minimum absolute atomic E-state index is 0.271. The number of pyridine rings is 2. The van der Waals surface area contributed by atoms with Gasteiger partial charge < -0.3 is 19.4 Å². The van der Waals surface area contributed by atoms with Gasteiger partial charge >= 0.3 is 6.09 Å². The van der Waals surface area contributed by atoms with Crippen LogP contribution >= 0.6 is 0 Å². The number of methoxy groups -OCH3 is 1. The number of aromatic nitrogens is 3. The fourth-order valence-corrected chi connectivity index (χ4v) is 3.50. The summed E-state index contributed by atoms with van der Waals surface area (Å²) in [5, 5.41) is 1.06. The third kappa shape index (κ3) is 4.15. The largest absolute Gasteiger partial charge is 0.481 e. The first-order valence-electron chi connectivity index (χ1n) is 9.99. The molecule has 4 rings (SSSR count). The second-order valence-electron chi connectivity index (χ2n) is 8.32. The monoisotopic (exact) mass is 406 g/mol. The van der Waals surface area contributed by atoms with E-state index in [4.69, 9.17) is 9.47 Å². The average molecular weight is 406 g/mol. The van der Waals surface area contributed by atoms with E-state index in [2.05, 4.69) is 27.1 Å². The number of carbonyl (C=O) groups is 1. The third-order valence-electron chi connectivity index (χ3n) is 5.02. The lowest BCUT2D eigenvalue weighted by molar-refractivity contribution is 0.0270. The van der Waals surface area contributed by atoms with E-state index in [0.717, 1.165) is 34.1 Å². The van der Waals surface area contributed by atoms with Crippen molar-refractivity contribution in [3.05, 3.63) is 48.4 Å². The van der Waals surface area contributed by atoms with E-state index < -0.39 is 5.60 Å². The van der Waals surface area contributed by atoms with Crippen molar-refractivity contribution in [1.82, 2.24) is 19.9 Å². The number of hydrogen-bond acceptors (Lipinski definition) is 5. The molecule has 0 spiro atoms. The zero-order valence-corrected chi connectivity index (χ0v) is 17.7. The fraction of sp³-hybridized carbons (Fsp3) is 0.348. The first-order valence-corrected chi connectivity index (χ1v) is 9.99. The molecule has 1 N–H and O–H groups in total. The van der Waals surface area contributed by atoms with Crippen LogP contribution in [0.15, 0.2) is 42.9 Å². The summed E-state index contributed by atoms with van der Waals surface area (Å²) in [6.07, 6.45) is 8.20. The first-order chi connectivity index (χ1) is 14.3. The first kappa shape index (κ1) is 19.9. The maximum Gasteiger partial charge on any atom is 0.410 e. The minimum Gasteiger partial charge on any atom is -0.481 e. The summed E-state index contributed by atoms with van der Waals surface area (Å²) in [6, 6.07) is 5.94. The number of rotatable bonds is 3. The van der Waals surface area contributed by atoms with Crippen molar-refractivity contribution < 1.29 is 14.3 Å². The topological polar surface area (TPSA) is 80.3 Å². The maximum atomic E-state index is 12.3. The highest BCUT2D eigenvalue weighted by atomic mass is 16.6. The number of fused-ring (bicyclic) bond motifs is 1. The fourth-order valence-electron chi connectivity index (χ4n) is 3.50. The van der Waals surface area contributed by atoms with E-state index in [-0.39, 0.29) is 6.09 Å². The molecule has 3 aromatic heterocycles. The van der Waals surface area contributed by atoms with Gasteiger partial charge in [-0.25, -0.2) is 14.8 Å². The highest BCUT2D eigenvalue weighted by Crippen LogP contribution is 2.31. The van der Waals surface area contributed by atoms with Crippen LogP contribution in [0.25, 0.3) is 27.7 Å². The van der Waals surface area contributed by atoms with Crippen LogP contribution < -0.4 is 4.74 Å². The molecule has 0 aliphatic carbocycles. The van der Waals surface area contributed by atoms with Gasteiger partial charge in [-0.3, -0.25) is 0 Å². The van der Waals surface area contributed by atoms with E-state index in [1.54, 1.807) is 18.2 Å². The number of nitrogens with zero attached hydrogens (tertiary/aromatic N) is 3. The van der Waals surface area contributed by atoms with Gasteiger partial charge in [-0.15, -0.1) is 0 Å². The van der Waals surface area contributed by atoms with Crippen LogP contribution in [-0.4, -0.2) is 51.7 Å². The number of hydrogen-bond donors (Lipinski definition) is 1. The Hall–Kier alpha value is -3.35. The lowest BCUT2D eigenvalue weighted by Crippen LogP contribution is -2.39. The number of aromatic amines is 1. The van der Waals surface area contributed by atoms with Gasteiger partial charge in [0.15, 0.2) is 0 Å². The Labute approximate surface area is 175 Å². The molecule has 0 aromatic carbocycles. The van der Waals surface area contributed by atoms with Crippen LogP contribution in [0, 0.1) is 0 Å². The second kappa shape index (κ2) is 7.82. The summed E-state index contributed by atoms with van der Waals surface area (Å²) in [5.41, 5.74) is 4.63. The van der Waals surface area contributed by atoms with Gasteiger partial charge in [-0.1, -0.05) is 6.08 Å². The number of ether oxygens (including phenoxy) is 2. The molecule has 0 unspecified atom stereocenters. The van der Waals surface area contributed by atoms with E-state index >= 15 is 0 Å². The Balaban J connectivity index is 1.58. The standard InChI is InChI=1S/C23H26N4O3/c1-23(2,3)30-22(28)27-9-7-15(8-10-27)19-14-26-21-18(19)11-17(13-25-21)16-5-6-20(29-4)24-12-16/h5-7,11-14H,8-10H2,1-4H3,(H,25,26). The molecule has 156 valence electrons. The van der Waals surface area contributed by atoms with Crippen molar-refractivity contribution in [2.75, 3.05) is 20.2 Å². The average Bonchev–Trinajstić information content (AvgIpc) is 3.16. The van der Waals surface area contributed by atoms with Crippen molar-refractivity contribution in [3.8, 4) is 17.0 Å². The Morgan fingerprint density at radius 2 is 1.97 bits per heavy atom. The summed E-state index contributed by atoms with van der Waals surface area (Å²) in [7, 11) is 1.60. The van der Waals surface area contributed by atoms with Crippen molar-refractivity contribution in [3.63, 3.8) is 0 Å². The summed E-state index contributed by atoms with van der Waals surface area (Å²) in [5.74, 6) is 0.581. The van der Waals surface area contributed by atoms with E-state index in [1.165, 1.54) is 5.57 Å². The molecule has 1 amide bonds. The van der Waals surface area contributed by atoms with Crippen LogP contribution in [0.4, 0.5) is 4.79 Å². The molecule has 30 heavy (non-hydrogen) atoms. The quantitative estimate of drug-likeness (QED) is 0.684. The van der Waals surface area contributed by atoms with Gasteiger partial charge in [0.2, 0.25) is 5.88 Å². The van der Waals surface area contributed by atoms with Crippen LogP contribution in [0.5, 0.6) is 5.88 Å². The second-order valence-corrected chi connectivity index (χ2v) is 8.32. The number of amides is 1. The smallest absolute Gasteiger partial charge is 0.410 e. The van der Waals surface area contributed by atoms with Crippen molar-refractivity contribution in [1.29, 1.82) is 0 Å². The van der Waals surface area contributed by atoms with Crippen LogP contribution in [0.2, 0.25) is 0 Å². The molecule has 0 radical (unpaired) electrons. The number of H-pyrrole nitrogens is 1. The summed E-state index contributed by atoms with van der Waals surface area (Å²) >= 11 is 0. The Kier molecular flexibility index (Phi) is 5.20. The van der Waals surface area contributed by atoms with Crippen LogP contribution in [0.1, 0.15) is 32.8 Å². The molecule has 1 aliphatic rings. The molecular weight excluding hydrogens is 380 g/mol. The number of nitrogens with one attached hydrogen (secondary N) is 1. The predicted molar refractivity (Wildman–Crippen MR) is 116 cm³/mol. The van der Waals surface area contributed by atoms with E-state index in [0.29, 0.717) is 19.0 Å². The van der Waals surface area contributed by atoms with Crippen LogP contribution in [0.3, 0.4) is 0 Å². The summed E-state index contributed by atoms with van der Waals surface area (Å²) < 4.78 is 10.6.